The van der Waals surface area contributed by atoms with E-state index in [1.54, 1.807) is 0 Å². The summed E-state index contributed by atoms with van der Waals surface area (Å²) in [6.07, 6.45) is 4.53. The largest absolute Gasteiger partial charge is 0.455 e. The Hall–Kier alpha value is -3.39. The summed E-state index contributed by atoms with van der Waals surface area (Å²) < 4.78 is 6.46. The molecule has 5 rings (SSSR count). The van der Waals surface area contributed by atoms with Crippen LogP contribution in [0.15, 0.2) is 89.4 Å². The van der Waals surface area contributed by atoms with Crippen LogP contribution in [0.2, 0.25) is 0 Å². The molecule has 1 aliphatic rings. The zero-order chi connectivity index (χ0) is 23.2. The van der Waals surface area contributed by atoms with Crippen LogP contribution in [0.4, 0.5) is 0 Å². The molecule has 0 atom stereocenters. The monoisotopic (exact) mass is 434 g/mol. The number of ketones is 1. The van der Waals surface area contributed by atoms with Crippen LogP contribution in [0.1, 0.15) is 62.0 Å². The third-order valence-electron chi connectivity index (χ3n) is 6.51. The van der Waals surface area contributed by atoms with Crippen molar-refractivity contribution in [1.29, 1.82) is 0 Å². The number of carbonyl (C=O) groups is 1. The molecule has 0 spiro atoms. The zero-order valence-corrected chi connectivity index (χ0v) is 19.8. The van der Waals surface area contributed by atoms with E-state index in [4.69, 9.17) is 4.42 Å². The average molecular weight is 435 g/mol. The Bertz CT molecular complexity index is 1350. The van der Waals surface area contributed by atoms with Crippen molar-refractivity contribution in [3.63, 3.8) is 0 Å². The van der Waals surface area contributed by atoms with E-state index >= 15 is 0 Å². The standard InChI is InChI=1S/C31H30O2/c1-30(2)18-24(19-31(3,4)20-30)27-25-17-23(28(32)21-11-7-5-8-12-21)15-16-26(25)33-29(27)22-13-9-6-10-14-22/h5-18H,19-20H2,1-4H3. The van der Waals surface area contributed by atoms with Gasteiger partial charge in [-0.3, -0.25) is 4.79 Å². The molecule has 0 radical (unpaired) electrons. The van der Waals surface area contributed by atoms with Crippen LogP contribution in [0, 0.1) is 10.8 Å². The highest BCUT2D eigenvalue weighted by molar-refractivity contribution is 6.11. The van der Waals surface area contributed by atoms with Crippen LogP contribution in [0.25, 0.3) is 27.9 Å². The highest BCUT2D eigenvalue weighted by Gasteiger charge is 2.35. The van der Waals surface area contributed by atoms with Gasteiger partial charge in [0.2, 0.25) is 0 Å². The van der Waals surface area contributed by atoms with Gasteiger partial charge in [-0.2, -0.15) is 0 Å². The molecular formula is C31H30O2. The first-order chi connectivity index (χ1) is 15.7. The van der Waals surface area contributed by atoms with Crippen LogP contribution in [-0.2, 0) is 0 Å². The average Bonchev–Trinajstić information content (AvgIpc) is 3.16. The van der Waals surface area contributed by atoms with Crippen LogP contribution >= 0.6 is 0 Å². The predicted molar refractivity (Wildman–Crippen MR) is 136 cm³/mol. The number of hydrogen-bond acceptors (Lipinski definition) is 2. The van der Waals surface area contributed by atoms with Gasteiger partial charge < -0.3 is 4.42 Å². The molecule has 0 N–H and O–H groups in total. The third-order valence-corrected chi connectivity index (χ3v) is 6.51. The molecule has 1 heterocycles. The number of furan rings is 1. The molecule has 0 fully saturated rings. The minimum atomic E-state index is 0.0317. The summed E-state index contributed by atoms with van der Waals surface area (Å²) in [5.41, 5.74) is 5.96. The van der Waals surface area contributed by atoms with E-state index in [-0.39, 0.29) is 16.6 Å². The smallest absolute Gasteiger partial charge is 0.193 e. The Kier molecular flexibility index (Phi) is 5.12. The second kappa shape index (κ2) is 7.88. The van der Waals surface area contributed by atoms with E-state index in [2.05, 4.69) is 45.9 Å². The number of fused-ring (bicyclic) bond motifs is 1. The molecule has 0 aliphatic heterocycles. The summed E-state index contributed by atoms with van der Waals surface area (Å²) in [6, 6.07) is 25.6. The molecular weight excluding hydrogens is 404 g/mol. The number of rotatable bonds is 4. The molecule has 1 aliphatic carbocycles. The number of carbonyl (C=O) groups excluding carboxylic acids is 1. The molecule has 3 aromatic carbocycles. The van der Waals surface area contributed by atoms with Crippen molar-refractivity contribution in [3.05, 3.63) is 102 Å². The summed E-state index contributed by atoms with van der Waals surface area (Å²) >= 11 is 0. The Labute approximate surface area is 196 Å². The van der Waals surface area contributed by atoms with Crippen molar-refractivity contribution in [2.24, 2.45) is 10.8 Å². The van der Waals surface area contributed by atoms with Gasteiger partial charge in [0.15, 0.2) is 5.78 Å². The lowest BCUT2D eigenvalue weighted by molar-refractivity contribution is 0.103. The van der Waals surface area contributed by atoms with Crippen LogP contribution in [0.5, 0.6) is 0 Å². The lowest BCUT2D eigenvalue weighted by Gasteiger charge is -2.39. The fraction of sp³-hybridized carbons (Fsp3) is 0.258. The lowest BCUT2D eigenvalue weighted by Crippen LogP contribution is -2.26. The molecule has 4 aromatic rings. The Morgan fingerprint density at radius 3 is 2.15 bits per heavy atom. The molecule has 0 unspecified atom stereocenters. The van der Waals surface area contributed by atoms with Gasteiger partial charge in [-0.25, -0.2) is 0 Å². The van der Waals surface area contributed by atoms with Crippen molar-refractivity contribution >= 4 is 22.3 Å². The van der Waals surface area contributed by atoms with E-state index in [1.807, 2.05) is 66.7 Å². The highest BCUT2D eigenvalue weighted by atomic mass is 16.3. The van der Waals surface area contributed by atoms with Crippen molar-refractivity contribution in [2.75, 3.05) is 0 Å². The van der Waals surface area contributed by atoms with Gasteiger partial charge in [0.05, 0.1) is 0 Å². The normalized spacial score (nSPS) is 17.0. The van der Waals surface area contributed by atoms with Crippen molar-refractivity contribution in [1.82, 2.24) is 0 Å². The van der Waals surface area contributed by atoms with E-state index in [0.29, 0.717) is 11.1 Å². The van der Waals surface area contributed by atoms with Gasteiger partial charge in [-0.05, 0) is 47.4 Å². The minimum Gasteiger partial charge on any atom is -0.455 e. The van der Waals surface area contributed by atoms with Crippen molar-refractivity contribution in [2.45, 2.75) is 40.5 Å². The molecule has 0 bridgehead atoms. The maximum absolute atomic E-state index is 13.2. The van der Waals surface area contributed by atoms with Gasteiger partial charge in [-0.1, -0.05) is 94.4 Å². The van der Waals surface area contributed by atoms with E-state index in [1.165, 1.54) is 5.57 Å². The van der Waals surface area contributed by atoms with Gasteiger partial charge >= 0.3 is 0 Å². The molecule has 2 heteroatoms. The van der Waals surface area contributed by atoms with E-state index in [9.17, 15) is 4.79 Å². The SMILES string of the molecule is CC1(C)C=C(c2c(-c3ccccc3)oc3ccc(C(=O)c4ccccc4)cc23)CC(C)(C)C1. The van der Waals surface area contributed by atoms with Gasteiger partial charge in [-0.15, -0.1) is 0 Å². The van der Waals surface area contributed by atoms with Crippen molar-refractivity contribution in [3.8, 4) is 11.3 Å². The second-order valence-corrected chi connectivity index (χ2v) is 10.8. The Morgan fingerprint density at radius 1 is 0.818 bits per heavy atom. The topological polar surface area (TPSA) is 30.2 Å². The fourth-order valence-corrected chi connectivity index (χ4v) is 5.65. The third kappa shape index (κ3) is 4.18. The molecule has 0 saturated carbocycles. The maximum atomic E-state index is 13.2. The molecule has 166 valence electrons. The molecule has 1 aromatic heterocycles. The first kappa shape index (κ1) is 21.5. The Morgan fingerprint density at radius 2 is 1.48 bits per heavy atom. The summed E-state index contributed by atoms with van der Waals surface area (Å²) in [5, 5.41) is 1.01. The first-order valence-corrected chi connectivity index (χ1v) is 11.7. The lowest BCUT2D eigenvalue weighted by atomic mass is 9.65. The quantitative estimate of drug-likeness (QED) is 0.301. The molecule has 0 saturated heterocycles. The van der Waals surface area contributed by atoms with E-state index < -0.39 is 0 Å². The Balaban J connectivity index is 1.74. The number of hydrogen-bond donors (Lipinski definition) is 0. The zero-order valence-electron chi connectivity index (χ0n) is 19.8. The van der Waals surface area contributed by atoms with Crippen LogP contribution in [0.3, 0.4) is 0 Å². The molecule has 33 heavy (non-hydrogen) atoms. The summed E-state index contributed by atoms with van der Waals surface area (Å²) in [6.45, 7) is 9.30. The van der Waals surface area contributed by atoms with Gasteiger partial charge in [0.25, 0.3) is 0 Å². The summed E-state index contributed by atoms with van der Waals surface area (Å²) in [5.74, 6) is 0.916. The second-order valence-electron chi connectivity index (χ2n) is 10.8. The first-order valence-electron chi connectivity index (χ1n) is 11.7. The van der Waals surface area contributed by atoms with Crippen LogP contribution in [-0.4, -0.2) is 5.78 Å². The fourth-order valence-electron chi connectivity index (χ4n) is 5.65. The summed E-state index contributed by atoms with van der Waals surface area (Å²) in [4.78, 5) is 13.2. The minimum absolute atomic E-state index is 0.0317. The predicted octanol–water partition coefficient (Wildman–Crippen LogP) is 8.56. The van der Waals surface area contributed by atoms with Gasteiger partial charge in [0, 0.05) is 27.6 Å². The van der Waals surface area contributed by atoms with Gasteiger partial charge in [0.1, 0.15) is 11.3 Å². The van der Waals surface area contributed by atoms with Crippen LogP contribution < -0.4 is 0 Å². The maximum Gasteiger partial charge on any atom is 0.193 e. The molecule has 0 amide bonds. The highest BCUT2D eigenvalue weighted by Crippen LogP contribution is 2.50. The number of benzene rings is 3. The van der Waals surface area contributed by atoms with Crippen molar-refractivity contribution < 1.29 is 9.21 Å². The molecule has 2 nitrogen and oxygen atoms in total. The summed E-state index contributed by atoms with van der Waals surface area (Å²) in [7, 11) is 0. The number of allylic oxidation sites excluding steroid dienone is 2. The van der Waals surface area contributed by atoms with E-state index in [0.717, 1.165) is 40.7 Å².